The number of hydrogen-bond acceptors (Lipinski definition) is 4. The van der Waals surface area contributed by atoms with Crippen LogP contribution in [-0.2, 0) is 10.0 Å². The van der Waals surface area contributed by atoms with Crippen molar-refractivity contribution in [3.05, 3.63) is 24.3 Å². The predicted molar refractivity (Wildman–Crippen MR) is 65.7 cm³/mol. The average Bonchev–Trinajstić information content (AvgIpc) is 2.26. The van der Waals surface area contributed by atoms with Gasteiger partial charge < -0.3 is 9.47 Å². The summed E-state index contributed by atoms with van der Waals surface area (Å²) >= 11 is 0. The lowest BCUT2D eigenvalue weighted by Gasteiger charge is -2.11. The molecule has 0 saturated carbocycles. The van der Waals surface area contributed by atoms with Gasteiger partial charge in [-0.15, -0.1) is 0 Å². The van der Waals surface area contributed by atoms with Crippen molar-refractivity contribution in [3.63, 3.8) is 0 Å². The largest absolute Gasteiger partial charge is 0.490 e. The summed E-state index contributed by atoms with van der Waals surface area (Å²) in [6.07, 6.45) is 0.894. The number of hydrogen-bond donors (Lipinski definition) is 1. The quantitative estimate of drug-likeness (QED) is 0.796. The Kier molecular flexibility index (Phi) is 5.24. The number of benzene rings is 1. The summed E-state index contributed by atoms with van der Waals surface area (Å²) < 4.78 is 32.3. The van der Waals surface area contributed by atoms with Crippen LogP contribution in [0.3, 0.4) is 0 Å². The summed E-state index contributed by atoms with van der Waals surface area (Å²) in [4.78, 5) is 0. The summed E-state index contributed by atoms with van der Waals surface area (Å²) in [7, 11) is -3.49. The third kappa shape index (κ3) is 5.55. The first-order chi connectivity index (χ1) is 8.03. The van der Waals surface area contributed by atoms with E-state index in [-0.39, 0.29) is 12.4 Å². The van der Waals surface area contributed by atoms with Crippen LogP contribution in [0.25, 0.3) is 0 Å². The molecule has 0 atom stereocenters. The molecule has 0 radical (unpaired) electrons. The number of primary sulfonamides is 1. The Balaban J connectivity index is 2.57. The van der Waals surface area contributed by atoms with Crippen molar-refractivity contribution in [3.8, 4) is 11.5 Å². The fourth-order valence-corrected chi connectivity index (χ4v) is 1.48. The molecule has 5 nitrogen and oxygen atoms in total. The molecule has 1 aromatic rings. The van der Waals surface area contributed by atoms with Crippen molar-refractivity contribution >= 4 is 10.0 Å². The second-order valence-electron chi connectivity index (χ2n) is 3.51. The molecule has 96 valence electrons. The van der Waals surface area contributed by atoms with Gasteiger partial charge in [-0.3, -0.25) is 0 Å². The van der Waals surface area contributed by atoms with E-state index in [1.807, 2.05) is 13.0 Å². The van der Waals surface area contributed by atoms with Gasteiger partial charge in [0.05, 0.1) is 12.4 Å². The van der Waals surface area contributed by atoms with Crippen molar-refractivity contribution in [1.29, 1.82) is 0 Å². The van der Waals surface area contributed by atoms with Gasteiger partial charge >= 0.3 is 0 Å². The first-order valence-electron chi connectivity index (χ1n) is 5.38. The SMILES string of the molecule is CCCOc1ccccc1OCCS(N)(=O)=O. The number of sulfonamides is 1. The van der Waals surface area contributed by atoms with Crippen LogP contribution in [0.4, 0.5) is 0 Å². The summed E-state index contributed by atoms with van der Waals surface area (Å²) in [6, 6.07) is 7.14. The number of rotatable bonds is 7. The maximum Gasteiger partial charge on any atom is 0.212 e. The normalized spacial score (nSPS) is 11.2. The van der Waals surface area contributed by atoms with Crippen LogP contribution in [0.15, 0.2) is 24.3 Å². The van der Waals surface area contributed by atoms with E-state index in [4.69, 9.17) is 14.6 Å². The van der Waals surface area contributed by atoms with Gasteiger partial charge in [-0.25, -0.2) is 13.6 Å². The van der Waals surface area contributed by atoms with E-state index in [1.54, 1.807) is 18.2 Å². The number of ether oxygens (including phenoxy) is 2. The second-order valence-corrected chi connectivity index (χ2v) is 5.24. The van der Waals surface area contributed by atoms with E-state index in [0.29, 0.717) is 18.1 Å². The van der Waals surface area contributed by atoms with Gasteiger partial charge in [-0.1, -0.05) is 19.1 Å². The van der Waals surface area contributed by atoms with Gasteiger partial charge in [0.15, 0.2) is 11.5 Å². The molecule has 0 unspecified atom stereocenters. The van der Waals surface area contributed by atoms with Crippen LogP contribution in [0.1, 0.15) is 13.3 Å². The van der Waals surface area contributed by atoms with Crippen LogP contribution in [0.5, 0.6) is 11.5 Å². The van der Waals surface area contributed by atoms with Gasteiger partial charge in [0.2, 0.25) is 10.0 Å². The lowest BCUT2D eigenvalue weighted by molar-refractivity contribution is 0.277. The standard InChI is InChI=1S/C11H17NO4S/c1-2-7-15-10-5-3-4-6-11(10)16-8-9-17(12,13)14/h3-6H,2,7-9H2,1H3,(H2,12,13,14). The fraction of sp³-hybridized carbons (Fsp3) is 0.455. The van der Waals surface area contributed by atoms with Gasteiger partial charge in [-0.05, 0) is 18.6 Å². The zero-order chi connectivity index (χ0) is 12.7. The van der Waals surface area contributed by atoms with Crippen LogP contribution in [0, 0.1) is 0 Å². The highest BCUT2D eigenvalue weighted by Crippen LogP contribution is 2.26. The highest BCUT2D eigenvalue weighted by Gasteiger charge is 2.06. The van der Waals surface area contributed by atoms with E-state index < -0.39 is 10.0 Å². The van der Waals surface area contributed by atoms with E-state index in [2.05, 4.69) is 0 Å². The molecule has 1 rings (SSSR count). The highest BCUT2D eigenvalue weighted by molar-refractivity contribution is 7.89. The Labute approximate surface area is 102 Å². The Hall–Kier alpha value is -1.27. The van der Waals surface area contributed by atoms with Crippen molar-refractivity contribution in [2.75, 3.05) is 19.0 Å². The maximum atomic E-state index is 10.7. The molecule has 1 aromatic carbocycles. The Morgan fingerprint density at radius 3 is 2.12 bits per heavy atom. The molecule has 0 amide bonds. The maximum absolute atomic E-state index is 10.7. The molecule has 0 heterocycles. The monoisotopic (exact) mass is 259 g/mol. The molecular formula is C11H17NO4S. The smallest absolute Gasteiger partial charge is 0.212 e. The van der Waals surface area contributed by atoms with Crippen molar-refractivity contribution in [2.24, 2.45) is 5.14 Å². The molecule has 0 saturated heterocycles. The molecule has 0 aromatic heterocycles. The Morgan fingerprint density at radius 2 is 1.65 bits per heavy atom. The third-order valence-electron chi connectivity index (χ3n) is 1.94. The Morgan fingerprint density at radius 1 is 1.12 bits per heavy atom. The lowest BCUT2D eigenvalue weighted by Crippen LogP contribution is -2.21. The molecule has 0 aliphatic rings. The van der Waals surface area contributed by atoms with Crippen LogP contribution in [0.2, 0.25) is 0 Å². The van der Waals surface area contributed by atoms with Gasteiger partial charge in [-0.2, -0.15) is 0 Å². The molecular weight excluding hydrogens is 242 g/mol. The first-order valence-corrected chi connectivity index (χ1v) is 7.09. The second kappa shape index (κ2) is 6.46. The van der Waals surface area contributed by atoms with E-state index in [0.717, 1.165) is 6.42 Å². The molecule has 0 bridgehead atoms. The lowest BCUT2D eigenvalue weighted by atomic mass is 10.3. The van der Waals surface area contributed by atoms with E-state index in [1.165, 1.54) is 0 Å². The van der Waals surface area contributed by atoms with Crippen molar-refractivity contribution in [2.45, 2.75) is 13.3 Å². The molecule has 0 aliphatic heterocycles. The van der Waals surface area contributed by atoms with Gasteiger partial charge in [0.1, 0.15) is 6.61 Å². The first kappa shape index (κ1) is 13.8. The third-order valence-corrected chi connectivity index (χ3v) is 2.67. The minimum atomic E-state index is -3.49. The molecule has 0 fully saturated rings. The van der Waals surface area contributed by atoms with Gasteiger partial charge in [0.25, 0.3) is 0 Å². The van der Waals surface area contributed by atoms with Gasteiger partial charge in [0, 0.05) is 0 Å². The van der Waals surface area contributed by atoms with Crippen molar-refractivity contribution in [1.82, 2.24) is 0 Å². The van der Waals surface area contributed by atoms with Crippen LogP contribution >= 0.6 is 0 Å². The summed E-state index contributed by atoms with van der Waals surface area (Å²) in [6.45, 7) is 2.62. The highest BCUT2D eigenvalue weighted by atomic mass is 32.2. The number of para-hydroxylation sites is 2. The summed E-state index contributed by atoms with van der Waals surface area (Å²) in [5, 5.41) is 4.88. The van der Waals surface area contributed by atoms with E-state index >= 15 is 0 Å². The minimum Gasteiger partial charge on any atom is -0.490 e. The minimum absolute atomic E-state index is 0.0192. The van der Waals surface area contributed by atoms with Crippen LogP contribution < -0.4 is 14.6 Å². The molecule has 0 aliphatic carbocycles. The molecule has 17 heavy (non-hydrogen) atoms. The predicted octanol–water partition coefficient (Wildman–Crippen LogP) is 1.14. The van der Waals surface area contributed by atoms with Crippen molar-refractivity contribution < 1.29 is 17.9 Å². The van der Waals surface area contributed by atoms with E-state index in [9.17, 15) is 8.42 Å². The zero-order valence-corrected chi connectivity index (χ0v) is 10.6. The number of nitrogens with two attached hydrogens (primary N) is 1. The fourth-order valence-electron chi connectivity index (χ4n) is 1.17. The topological polar surface area (TPSA) is 78.6 Å². The molecule has 0 spiro atoms. The Bertz CT molecular complexity index is 445. The molecule has 6 heteroatoms. The summed E-state index contributed by atoms with van der Waals surface area (Å²) in [5.74, 6) is 0.933. The average molecular weight is 259 g/mol. The zero-order valence-electron chi connectivity index (χ0n) is 9.76. The summed E-state index contributed by atoms with van der Waals surface area (Å²) in [5.41, 5.74) is 0. The van der Waals surface area contributed by atoms with Crippen LogP contribution in [-0.4, -0.2) is 27.4 Å². The molecule has 2 N–H and O–H groups in total.